The minimum Gasteiger partial charge on any atom is -0.354 e. The number of carbonyl (C=O) groups excluding carboxylic acids is 1. The van der Waals surface area contributed by atoms with E-state index in [0.29, 0.717) is 18.0 Å². The smallest absolute Gasteiger partial charge is 0.273 e. The molecule has 1 aliphatic rings. The molecule has 142 valence electrons. The van der Waals surface area contributed by atoms with Crippen LogP contribution in [0.25, 0.3) is 0 Å². The molecule has 0 atom stereocenters. The Hall–Kier alpha value is -3.03. The number of nitro benzene ring substituents is 1. The van der Waals surface area contributed by atoms with Gasteiger partial charge in [0.2, 0.25) is 5.91 Å². The zero-order valence-electron chi connectivity index (χ0n) is 15.0. The summed E-state index contributed by atoms with van der Waals surface area (Å²) in [6.45, 7) is 0.559. The Bertz CT molecular complexity index is 887. The quantitative estimate of drug-likeness (QED) is 0.594. The Balaban J connectivity index is 1.53. The molecule has 1 aromatic carbocycles. The summed E-state index contributed by atoms with van der Waals surface area (Å²) in [7, 11) is 0. The second-order valence-corrected chi connectivity index (χ2v) is 6.74. The molecule has 0 aliphatic heterocycles. The number of benzene rings is 1. The van der Waals surface area contributed by atoms with Crippen LogP contribution in [-0.4, -0.2) is 26.9 Å². The standard InChI is InChI=1S/C19H22N4O4/c24-18(11-15-7-3-4-8-17(15)23(26)27)20-9-10-22-13-21-16(12-19(22)25)14-5-1-2-6-14/h3-4,7-8,12-14H,1-2,5-6,9-11H2,(H,20,24). The molecule has 1 amide bonds. The molecule has 1 heterocycles. The summed E-state index contributed by atoms with van der Waals surface area (Å²) in [6, 6.07) is 7.75. The third-order valence-corrected chi connectivity index (χ3v) is 4.89. The number of carbonyl (C=O) groups is 1. The van der Waals surface area contributed by atoms with Crippen LogP contribution in [0.15, 0.2) is 41.5 Å². The zero-order chi connectivity index (χ0) is 19.2. The minimum absolute atomic E-state index is 0.0735. The molecule has 0 radical (unpaired) electrons. The molecule has 0 bridgehead atoms. The van der Waals surface area contributed by atoms with Crippen molar-refractivity contribution in [3.63, 3.8) is 0 Å². The highest BCUT2D eigenvalue weighted by molar-refractivity contribution is 5.79. The Morgan fingerprint density at radius 2 is 2.04 bits per heavy atom. The molecular formula is C19H22N4O4. The van der Waals surface area contributed by atoms with Gasteiger partial charge in [0, 0.05) is 36.7 Å². The van der Waals surface area contributed by atoms with Crippen molar-refractivity contribution >= 4 is 11.6 Å². The summed E-state index contributed by atoms with van der Waals surface area (Å²) in [4.78, 5) is 39.2. The van der Waals surface area contributed by atoms with Gasteiger partial charge in [-0.3, -0.25) is 24.3 Å². The van der Waals surface area contributed by atoms with Crippen molar-refractivity contribution in [2.75, 3.05) is 6.54 Å². The molecule has 0 spiro atoms. The lowest BCUT2D eigenvalue weighted by atomic mass is 10.0. The van der Waals surface area contributed by atoms with Crippen LogP contribution in [-0.2, 0) is 17.8 Å². The van der Waals surface area contributed by atoms with Gasteiger partial charge in [0.15, 0.2) is 0 Å². The molecule has 0 saturated heterocycles. The number of para-hydroxylation sites is 1. The molecule has 1 aromatic heterocycles. The molecule has 8 nitrogen and oxygen atoms in total. The fourth-order valence-corrected chi connectivity index (χ4v) is 3.44. The highest BCUT2D eigenvalue weighted by Crippen LogP contribution is 2.32. The maximum absolute atomic E-state index is 12.2. The van der Waals surface area contributed by atoms with Crippen LogP contribution in [0.5, 0.6) is 0 Å². The largest absolute Gasteiger partial charge is 0.354 e. The van der Waals surface area contributed by atoms with E-state index in [1.165, 1.54) is 29.8 Å². The van der Waals surface area contributed by atoms with Gasteiger partial charge in [-0.2, -0.15) is 0 Å². The van der Waals surface area contributed by atoms with Crippen molar-refractivity contribution in [1.29, 1.82) is 0 Å². The number of aromatic nitrogens is 2. The number of rotatable bonds is 7. The topological polar surface area (TPSA) is 107 Å². The summed E-state index contributed by atoms with van der Waals surface area (Å²) >= 11 is 0. The summed E-state index contributed by atoms with van der Waals surface area (Å²) in [5.41, 5.74) is 1.02. The maximum atomic E-state index is 12.2. The van der Waals surface area contributed by atoms with Gasteiger partial charge >= 0.3 is 0 Å². The van der Waals surface area contributed by atoms with E-state index in [4.69, 9.17) is 0 Å². The predicted octanol–water partition coefficient (Wildman–Crippen LogP) is 2.17. The SMILES string of the molecule is O=C(Cc1ccccc1[N+](=O)[O-])NCCn1cnc(C2CCCC2)cc1=O. The van der Waals surface area contributed by atoms with E-state index < -0.39 is 4.92 Å². The average Bonchev–Trinajstić information content (AvgIpc) is 3.18. The van der Waals surface area contributed by atoms with Crippen molar-refractivity contribution < 1.29 is 9.72 Å². The monoisotopic (exact) mass is 370 g/mol. The van der Waals surface area contributed by atoms with Crippen LogP contribution in [0.3, 0.4) is 0 Å². The number of hydrogen-bond donors (Lipinski definition) is 1. The Morgan fingerprint density at radius 3 is 2.74 bits per heavy atom. The highest BCUT2D eigenvalue weighted by Gasteiger charge is 2.19. The zero-order valence-corrected chi connectivity index (χ0v) is 15.0. The summed E-state index contributed by atoms with van der Waals surface area (Å²) in [5, 5.41) is 13.7. The van der Waals surface area contributed by atoms with Crippen molar-refractivity contribution in [3.8, 4) is 0 Å². The molecule has 2 aromatic rings. The number of amides is 1. The number of nitrogens with one attached hydrogen (secondary N) is 1. The van der Waals surface area contributed by atoms with Gasteiger partial charge in [0.25, 0.3) is 11.2 Å². The van der Waals surface area contributed by atoms with Gasteiger partial charge < -0.3 is 5.32 Å². The number of hydrogen-bond acceptors (Lipinski definition) is 5. The molecule has 27 heavy (non-hydrogen) atoms. The lowest BCUT2D eigenvalue weighted by molar-refractivity contribution is -0.385. The van der Waals surface area contributed by atoms with Gasteiger partial charge in [0.1, 0.15) is 0 Å². The van der Waals surface area contributed by atoms with Crippen LogP contribution in [0.2, 0.25) is 0 Å². The fraction of sp³-hybridized carbons (Fsp3) is 0.421. The van der Waals surface area contributed by atoms with Crippen LogP contribution in [0.1, 0.15) is 42.9 Å². The van der Waals surface area contributed by atoms with Crippen LogP contribution < -0.4 is 10.9 Å². The van der Waals surface area contributed by atoms with Crippen molar-refractivity contribution in [2.24, 2.45) is 0 Å². The van der Waals surface area contributed by atoms with E-state index >= 15 is 0 Å². The van der Waals surface area contributed by atoms with E-state index in [0.717, 1.165) is 18.5 Å². The normalized spacial score (nSPS) is 14.2. The van der Waals surface area contributed by atoms with E-state index in [1.54, 1.807) is 24.3 Å². The van der Waals surface area contributed by atoms with Gasteiger partial charge in [-0.15, -0.1) is 0 Å². The van der Waals surface area contributed by atoms with Gasteiger partial charge in [-0.1, -0.05) is 31.0 Å². The molecule has 0 unspecified atom stereocenters. The van der Waals surface area contributed by atoms with Gasteiger partial charge in [0.05, 0.1) is 23.4 Å². The van der Waals surface area contributed by atoms with Gasteiger partial charge in [-0.25, -0.2) is 4.98 Å². The second kappa shape index (κ2) is 8.57. The predicted molar refractivity (Wildman–Crippen MR) is 99.5 cm³/mol. The molecule has 1 saturated carbocycles. The third kappa shape index (κ3) is 4.78. The molecule has 1 fully saturated rings. The first-order valence-corrected chi connectivity index (χ1v) is 9.10. The first-order chi connectivity index (χ1) is 13.0. The molecule has 1 aliphatic carbocycles. The van der Waals surface area contributed by atoms with Crippen LogP contribution >= 0.6 is 0 Å². The number of nitrogens with zero attached hydrogens (tertiary/aromatic N) is 3. The van der Waals surface area contributed by atoms with Gasteiger partial charge in [-0.05, 0) is 12.8 Å². The third-order valence-electron chi connectivity index (χ3n) is 4.89. The first-order valence-electron chi connectivity index (χ1n) is 9.10. The Labute approximate surface area is 156 Å². The number of nitro groups is 1. The molecular weight excluding hydrogens is 348 g/mol. The van der Waals surface area contributed by atoms with Crippen molar-refractivity contribution in [1.82, 2.24) is 14.9 Å². The molecule has 3 rings (SSSR count). The summed E-state index contributed by atoms with van der Waals surface area (Å²) in [6.07, 6.45) is 5.98. The average molecular weight is 370 g/mol. The van der Waals surface area contributed by atoms with Crippen molar-refractivity contribution in [2.45, 2.75) is 44.6 Å². The van der Waals surface area contributed by atoms with Crippen molar-refractivity contribution in [3.05, 3.63) is 68.4 Å². The first kappa shape index (κ1) is 18.8. The summed E-state index contributed by atoms with van der Waals surface area (Å²) < 4.78 is 1.46. The maximum Gasteiger partial charge on any atom is 0.273 e. The van der Waals surface area contributed by atoms with E-state index in [-0.39, 0.29) is 30.1 Å². The van der Waals surface area contributed by atoms with Crippen LogP contribution in [0.4, 0.5) is 5.69 Å². The lowest BCUT2D eigenvalue weighted by Gasteiger charge is -2.11. The Morgan fingerprint density at radius 1 is 1.30 bits per heavy atom. The minimum atomic E-state index is -0.500. The molecule has 8 heteroatoms. The van der Waals surface area contributed by atoms with E-state index in [1.807, 2.05) is 0 Å². The Kier molecular flexibility index (Phi) is 5.95. The summed E-state index contributed by atoms with van der Waals surface area (Å²) in [5.74, 6) is 0.0570. The van der Waals surface area contributed by atoms with Crippen LogP contribution in [0, 0.1) is 10.1 Å². The van der Waals surface area contributed by atoms with E-state index in [2.05, 4.69) is 10.3 Å². The second-order valence-electron chi connectivity index (χ2n) is 6.74. The lowest BCUT2D eigenvalue weighted by Crippen LogP contribution is -2.32. The van der Waals surface area contributed by atoms with E-state index in [9.17, 15) is 19.7 Å². The fourth-order valence-electron chi connectivity index (χ4n) is 3.44. The highest BCUT2D eigenvalue weighted by atomic mass is 16.6. The molecule has 1 N–H and O–H groups in total.